The Kier molecular flexibility index (Phi) is 4.16. The number of aliphatic hydroxyl groups excluding tert-OH is 1. The molecule has 1 aromatic carbocycles. The van der Waals surface area contributed by atoms with Crippen molar-refractivity contribution in [3.05, 3.63) is 41.2 Å². The molecule has 1 aliphatic rings. The molecule has 0 aromatic heterocycles. The van der Waals surface area contributed by atoms with Gasteiger partial charge in [-0.15, -0.1) is 0 Å². The highest BCUT2D eigenvalue weighted by molar-refractivity contribution is 6.06. The molecule has 0 unspecified atom stereocenters. The normalized spacial score (nSPS) is 17.8. The van der Waals surface area contributed by atoms with Gasteiger partial charge in [-0.05, 0) is 29.7 Å². The SMILES string of the molecule is COc1ccc(C(=O)CC2=C(O)CC(C)(C)CC2=O)cc1. The van der Waals surface area contributed by atoms with Crippen LogP contribution in [0.3, 0.4) is 0 Å². The number of hydrogen-bond acceptors (Lipinski definition) is 4. The molecule has 1 aromatic rings. The lowest BCUT2D eigenvalue weighted by molar-refractivity contribution is -0.118. The van der Waals surface area contributed by atoms with Crippen molar-refractivity contribution < 1.29 is 19.4 Å². The number of ether oxygens (including phenoxy) is 1. The van der Waals surface area contributed by atoms with Crippen molar-refractivity contribution >= 4 is 11.6 Å². The molecule has 0 aliphatic heterocycles. The number of benzene rings is 1. The van der Waals surface area contributed by atoms with Gasteiger partial charge in [0.2, 0.25) is 0 Å². The second-order valence-corrected chi connectivity index (χ2v) is 6.19. The molecule has 1 aliphatic carbocycles. The predicted octanol–water partition coefficient (Wildman–Crippen LogP) is 3.47. The maximum Gasteiger partial charge on any atom is 0.167 e. The van der Waals surface area contributed by atoms with Crippen molar-refractivity contribution in [2.45, 2.75) is 33.1 Å². The summed E-state index contributed by atoms with van der Waals surface area (Å²) in [6.45, 7) is 3.87. The van der Waals surface area contributed by atoms with Crippen LogP contribution in [-0.4, -0.2) is 23.8 Å². The van der Waals surface area contributed by atoms with Crippen LogP contribution < -0.4 is 4.74 Å². The van der Waals surface area contributed by atoms with Gasteiger partial charge in [-0.3, -0.25) is 9.59 Å². The van der Waals surface area contributed by atoms with Crippen molar-refractivity contribution in [2.24, 2.45) is 5.41 Å². The summed E-state index contributed by atoms with van der Waals surface area (Å²) in [7, 11) is 1.56. The zero-order valence-corrected chi connectivity index (χ0v) is 12.6. The van der Waals surface area contributed by atoms with Gasteiger partial charge in [0, 0.05) is 30.4 Å². The summed E-state index contributed by atoms with van der Waals surface area (Å²) in [6, 6.07) is 6.73. The fourth-order valence-electron chi connectivity index (χ4n) is 2.56. The lowest BCUT2D eigenvalue weighted by Crippen LogP contribution is -2.26. The minimum Gasteiger partial charge on any atom is -0.512 e. The van der Waals surface area contributed by atoms with Crippen LogP contribution in [0.2, 0.25) is 0 Å². The Morgan fingerprint density at radius 2 is 1.86 bits per heavy atom. The third-order valence-corrected chi connectivity index (χ3v) is 3.72. The molecule has 1 N–H and O–H groups in total. The summed E-state index contributed by atoms with van der Waals surface area (Å²) in [6.07, 6.45) is 0.749. The quantitative estimate of drug-likeness (QED) is 0.862. The van der Waals surface area contributed by atoms with E-state index in [1.165, 1.54) is 0 Å². The Morgan fingerprint density at radius 1 is 1.24 bits per heavy atom. The third-order valence-electron chi connectivity index (χ3n) is 3.72. The topological polar surface area (TPSA) is 63.6 Å². The highest BCUT2D eigenvalue weighted by Gasteiger charge is 2.33. The zero-order valence-electron chi connectivity index (χ0n) is 12.6. The van der Waals surface area contributed by atoms with Gasteiger partial charge >= 0.3 is 0 Å². The summed E-state index contributed by atoms with van der Waals surface area (Å²) in [5.41, 5.74) is 0.525. The molecule has 4 heteroatoms. The Labute approximate surface area is 124 Å². The number of allylic oxidation sites excluding steroid dienone is 2. The summed E-state index contributed by atoms with van der Waals surface area (Å²) in [5.74, 6) is 0.417. The lowest BCUT2D eigenvalue weighted by Gasteiger charge is -2.29. The maximum atomic E-state index is 12.2. The van der Waals surface area contributed by atoms with Crippen LogP contribution in [-0.2, 0) is 4.79 Å². The van der Waals surface area contributed by atoms with Crippen LogP contribution in [0.4, 0.5) is 0 Å². The number of methoxy groups -OCH3 is 1. The molecule has 112 valence electrons. The largest absolute Gasteiger partial charge is 0.512 e. The smallest absolute Gasteiger partial charge is 0.167 e. The molecule has 0 bridgehead atoms. The molecular formula is C17H20O4. The van der Waals surface area contributed by atoms with Crippen LogP contribution in [0, 0.1) is 5.41 Å². The minimum absolute atomic E-state index is 0.0485. The Bertz CT molecular complexity index is 594. The number of aliphatic hydroxyl groups is 1. The average Bonchev–Trinajstić information content (AvgIpc) is 2.41. The fourth-order valence-corrected chi connectivity index (χ4v) is 2.56. The van der Waals surface area contributed by atoms with E-state index in [0.29, 0.717) is 24.2 Å². The van der Waals surface area contributed by atoms with Gasteiger partial charge in [0.25, 0.3) is 0 Å². The van der Waals surface area contributed by atoms with E-state index in [1.807, 2.05) is 13.8 Å². The molecule has 4 nitrogen and oxygen atoms in total. The first kappa shape index (κ1) is 15.3. The average molecular weight is 288 g/mol. The molecule has 0 saturated carbocycles. The Morgan fingerprint density at radius 3 is 2.38 bits per heavy atom. The van der Waals surface area contributed by atoms with Crippen LogP contribution in [0.25, 0.3) is 0 Å². The molecule has 2 rings (SSSR count). The fraction of sp³-hybridized carbons (Fsp3) is 0.412. The van der Waals surface area contributed by atoms with Crippen molar-refractivity contribution in [1.29, 1.82) is 0 Å². The first-order valence-corrected chi connectivity index (χ1v) is 6.94. The van der Waals surface area contributed by atoms with Crippen LogP contribution in [0.15, 0.2) is 35.6 Å². The molecular weight excluding hydrogens is 268 g/mol. The van der Waals surface area contributed by atoms with E-state index in [0.717, 1.165) is 0 Å². The number of carbonyl (C=O) groups excluding carboxylic acids is 2. The first-order valence-electron chi connectivity index (χ1n) is 6.94. The summed E-state index contributed by atoms with van der Waals surface area (Å²) >= 11 is 0. The third kappa shape index (κ3) is 3.51. The van der Waals surface area contributed by atoms with Gasteiger partial charge in [-0.2, -0.15) is 0 Å². The standard InChI is InChI=1S/C17H20O4/c1-17(2)9-15(19)13(16(20)10-17)8-14(18)11-4-6-12(21-3)7-5-11/h4-7,19H,8-10H2,1-3H3. The van der Waals surface area contributed by atoms with Crippen LogP contribution >= 0.6 is 0 Å². The molecule has 0 radical (unpaired) electrons. The van der Waals surface area contributed by atoms with Crippen molar-refractivity contribution in [2.75, 3.05) is 7.11 Å². The van der Waals surface area contributed by atoms with Gasteiger partial charge in [0.15, 0.2) is 11.6 Å². The molecule has 0 saturated heterocycles. The van der Waals surface area contributed by atoms with Crippen molar-refractivity contribution in [3.63, 3.8) is 0 Å². The highest BCUT2D eigenvalue weighted by atomic mass is 16.5. The Balaban J connectivity index is 2.16. The monoisotopic (exact) mass is 288 g/mol. The van der Waals surface area contributed by atoms with Gasteiger partial charge in [0.1, 0.15) is 5.75 Å². The van der Waals surface area contributed by atoms with E-state index < -0.39 is 0 Å². The second-order valence-electron chi connectivity index (χ2n) is 6.19. The van der Waals surface area contributed by atoms with Crippen LogP contribution in [0.1, 0.15) is 43.5 Å². The van der Waals surface area contributed by atoms with Gasteiger partial charge < -0.3 is 9.84 Å². The number of ketones is 2. The first-order chi connectivity index (χ1) is 9.82. The van der Waals surface area contributed by atoms with Crippen molar-refractivity contribution in [3.8, 4) is 5.75 Å². The summed E-state index contributed by atoms with van der Waals surface area (Å²) in [5, 5.41) is 10.0. The van der Waals surface area contributed by atoms with E-state index >= 15 is 0 Å². The van der Waals surface area contributed by atoms with E-state index in [2.05, 4.69) is 0 Å². The summed E-state index contributed by atoms with van der Waals surface area (Å²) in [4.78, 5) is 24.3. The van der Waals surface area contributed by atoms with E-state index in [9.17, 15) is 14.7 Å². The zero-order chi connectivity index (χ0) is 15.6. The highest BCUT2D eigenvalue weighted by Crippen LogP contribution is 2.37. The number of hydrogen-bond donors (Lipinski definition) is 1. The maximum absolute atomic E-state index is 12.2. The summed E-state index contributed by atoms with van der Waals surface area (Å²) < 4.78 is 5.04. The second kappa shape index (κ2) is 5.72. The molecule has 21 heavy (non-hydrogen) atoms. The van der Waals surface area contributed by atoms with E-state index in [4.69, 9.17) is 4.74 Å². The minimum atomic E-state index is -0.242. The molecule has 0 amide bonds. The van der Waals surface area contributed by atoms with E-state index in [1.54, 1.807) is 31.4 Å². The molecule has 0 spiro atoms. The van der Waals surface area contributed by atoms with Gasteiger partial charge in [-0.25, -0.2) is 0 Å². The van der Waals surface area contributed by atoms with Crippen molar-refractivity contribution in [1.82, 2.24) is 0 Å². The number of carbonyl (C=O) groups is 2. The van der Waals surface area contributed by atoms with Gasteiger partial charge in [0.05, 0.1) is 12.9 Å². The van der Waals surface area contributed by atoms with E-state index in [-0.39, 0.29) is 34.7 Å². The van der Waals surface area contributed by atoms with Gasteiger partial charge in [-0.1, -0.05) is 13.8 Å². The predicted molar refractivity (Wildman–Crippen MR) is 79.6 cm³/mol. The number of Topliss-reactive ketones (excluding diaryl/α,β-unsaturated/α-hetero) is 2. The molecule has 0 fully saturated rings. The molecule has 0 atom stereocenters. The van der Waals surface area contributed by atoms with Crippen LogP contribution in [0.5, 0.6) is 5.75 Å². The lowest BCUT2D eigenvalue weighted by atomic mass is 9.75. The Hall–Kier alpha value is -2.10. The number of rotatable bonds is 4. The molecule has 0 heterocycles.